The van der Waals surface area contributed by atoms with Crippen LogP contribution in [-0.4, -0.2) is 50.8 Å². The van der Waals surface area contributed by atoms with Gasteiger partial charge in [0, 0.05) is 11.8 Å². The predicted molar refractivity (Wildman–Crippen MR) is 86.3 cm³/mol. The Bertz CT molecular complexity index is 566. The SMILES string of the molecule is CCC1C(C)OC(=O)N1NP(N)(=O)N(Cl)N1C(=O)OC(C)C1CC. The summed E-state index contributed by atoms with van der Waals surface area (Å²) in [6.07, 6.45) is -1.18. The molecule has 5 unspecified atom stereocenters. The van der Waals surface area contributed by atoms with Crippen molar-refractivity contribution in [1.82, 2.24) is 19.5 Å². The summed E-state index contributed by atoms with van der Waals surface area (Å²) in [6.45, 7) is 7.12. The van der Waals surface area contributed by atoms with E-state index in [1.54, 1.807) is 13.8 Å². The van der Waals surface area contributed by atoms with E-state index in [1.165, 1.54) is 0 Å². The lowest BCUT2D eigenvalue weighted by molar-refractivity contribution is 0.114. The van der Waals surface area contributed by atoms with Crippen LogP contribution in [0.1, 0.15) is 40.5 Å². The maximum absolute atomic E-state index is 12.8. The number of hydrogen-bond donors (Lipinski definition) is 2. The molecule has 138 valence electrons. The number of cyclic esters (lactones) is 2. The van der Waals surface area contributed by atoms with E-state index in [2.05, 4.69) is 5.20 Å². The van der Waals surface area contributed by atoms with Gasteiger partial charge in [0.05, 0.1) is 12.1 Å². The highest BCUT2D eigenvalue weighted by atomic mass is 35.5. The van der Waals surface area contributed by atoms with Gasteiger partial charge in [0.1, 0.15) is 12.2 Å². The third kappa shape index (κ3) is 3.34. The summed E-state index contributed by atoms with van der Waals surface area (Å²) in [5, 5.41) is 4.50. The number of hydrazine groups is 2. The number of nitrogens with two attached hydrogens (primary N) is 1. The highest BCUT2D eigenvalue weighted by molar-refractivity contribution is 7.58. The van der Waals surface area contributed by atoms with Gasteiger partial charge in [0.25, 0.3) is 0 Å². The quantitative estimate of drug-likeness (QED) is 0.529. The second-order valence-electron chi connectivity index (χ2n) is 5.81. The van der Waals surface area contributed by atoms with Crippen molar-refractivity contribution in [2.45, 2.75) is 64.8 Å². The van der Waals surface area contributed by atoms with E-state index in [0.717, 1.165) is 10.0 Å². The Morgan fingerprint density at radius 1 is 1.17 bits per heavy atom. The summed E-state index contributed by atoms with van der Waals surface area (Å²) in [5.41, 5.74) is 5.81. The summed E-state index contributed by atoms with van der Waals surface area (Å²) in [5.74, 6) is 0. The van der Waals surface area contributed by atoms with Gasteiger partial charge in [-0.05, 0) is 31.0 Å². The maximum Gasteiger partial charge on any atom is 0.426 e. The number of rotatable bonds is 6. The lowest BCUT2D eigenvalue weighted by Gasteiger charge is -2.34. The molecule has 2 rings (SSSR count). The van der Waals surface area contributed by atoms with Gasteiger partial charge in [-0.2, -0.15) is 0 Å². The molecule has 0 bridgehead atoms. The highest BCUT2D eigenvalue weighted by Crippen LogP contribution is 2.44. The zero-order chi connectivity index (χ0) is 18.2. The molecule has 0 aromatic rings. The molecule has 0 aromatic carbocycles. The van der Waals surface area contributed by atoms with Crippen molar-refractivity contribution in [1.29, 1.82) is 0 Å². The van der Waals surface area contributed by atoms with E-state index in [9.17, 15) is 14.2 Å². The lowest BCUT2D eigenvalue weighted by atomic mass is 10.1. The largest absolute Gasteiger partial charge is 0.443 e. The van der Waals surface area contributed by atoms with Crippen LogP contribution in [-0.2, 0) is 14.0 Å². The summed E-state index contributed by atoms with van der Waals surface area (Å²) in [7, 11) is -4.01. The zero-order valence-electron chi connectivity index (χ0n) is 14.0. The second kappa shape index (κ2) is 7.05. The van der Waals surface area contributed by atoms with E-state index in [1.807, 2.05) is 13.8 Å². The number of carbonyl (C=O) groups is 2. The normalized spacial score (nSPS) is 33.0. The Kier molecular flexibility index (Phi) is 5.66. The molecular formula is C12H23ClN5O5P. The molecule has 2 fully saturated rings. The topological polar surface area (TPSA) is 117 Å². The van der Waals surface area contributed by atoms with Crippen LogP contribution in [0.25, 0.3) is 0 Å². The fraction of sp³-hybridized carbons (Fsp3) is 0.833. The van der Waals surface area contributed by atoms with E-state index in [0.29, 0.717) is 17.1 Å². The Labute approximate surface area is 145 Å². The average molecular weight is 384 g/mol. The first kappa shape index (κ1) is 19.3. The van der Waals surface area contributed by atoms with Crippen molar-refractivity contribution >= 4 is 31.6 Å². The summed E-state index contributed by atoms with van der Waals surface area (Å²) in [6, 6.07) is -0.772. The molecule has 2 heterocycles. The number of nitrogens with zero attached hydrogens (tertiary/aromatic N) is 3. The smallest absolute Gasteiger partial charge is 0.426 e. The number of nitrogens with one attached hydrogen (secondary N) is 1. The number of amides is 2. The van der Waals surface area contributed by atoms with E-state index in [4.69, 9.17) is 26.8 Å². The third-order valence-corrected chi connectivity index (χ3v) is 6.22. The minimum atomic E-state index is -4.01. The molecule has 3 N–H and O–H groups in total. The minimum absolute atomic E-state index is 0.356. The van der Waals surface area contributed by atoms with Gasteiger partial charge in [-0.3, -0.25) is 10.1 Å². The van der Waals surface area contributed by atoms with Gasteiger partial charge >= 0.3 is 19.8 Å². The van der Waals surface area contributed by atoms with Crippen LogP contribution in [0.2, 0.25) is 0 Å². The summed E-state index contributed by atoms with van der Waals surface area (Å²) < 4.78 is 23.6. The molecule has 2 saturated heterocycles. The molecule has 12 heteroatoms. The van der Waals surface area contributed by atoms with Crippen molar-refractivity contribution in [3.05, 3.63) is 0 Å². The first-order chi connectivity index (χ1) is 11.1. The Morgan fingerprint density at radius 3 is 2.21 bits per heavy atom. The predicted octanol–water partition coefficient (Wildman–Crippen LogP) is 2.17. The van der Waals surface area contributed by atoms with Crippen LogP contribution in [0, 0.1) is 0 Å². The van der Waals surface area contributed by atoms with Crippen LogP contribution < -0.4 is 10.7 Å². The molecule has 0 spiro atoms. The fourth-order valence-corrected chi connectivity index (χ4v) is 4.30. The van der Waals surface area contributed by atoms with Crippen molar-refractivity contribution in [2.75, 3.05) is 0 Å². The van der Waals surface area contributed by atoms with Gasteiger partial charge in [-0.15, -0.1) is 5.20 Å². The summed E-state index contributed by atoms with van der Waals surface area (Å²) >= 11 is 6.09. The molecule has 0 radical (unpaired) electrons. The van der Waals surface area contributed by atoms with Gasteiger partial charge in [0.15, 0.2) is 0 Å². The first-order valence-corrected chi connectivity index (χ1v) is 9.83. The Balaban J connectivity index is 2.19. The minimum Gasteiger partial charge on any atom is -0.443 e. The number of halogens is 1. The third-order valence-electron chi connectivity index (χ3n) is 4.20. The monoisotopic (exact) mass is 383 g/mol. The highest BCUT2D eigenvalue weighted by Gasteiger charge is 2.49. The van der Waals surface area contributed by atoms with Crippen molar-refractivity contribution in [2.24, 2.45) is 5.50 Å². The molecule has 2 aliphatic heterocycles. The van der Waals surface area contributed by atoms with Gasteiger partial charge in [-0.1, -0.05) is 13.8 Å². The lowest BCUT2D eigenvalue weighted by Crippen LogP contribution is -2.51. The van der Waals surface area contributed by atoms with E-state index < -0.39 is 31.9 Å². The molecule has 10 nitrogen and oxygen atoms in total. The van der Waals surface area contributed by atoms with Crippen molar-refractivity contribution in [3.8, 4) is 0 Å². The molecule has 2 aliphatic rings. The van der Waals surface area contributed by atoms with Crippen LogP contribution in [0.15, 0.2) is 0 Å². The maximum atomic E-state index is 12.8. The second-order valence-corrected chi connectivity index (χ2v) is 8.19. The number of carbonyl (C=O) groups excluding carboxylic acids is 2. The van der Waals surface area contributed by atoms with Crippen LogP contribution in [0.5, 0.6) is 0 Å². The fourth-order valence-electron chi connectivity index (χ4n) is 2.92. The van der Waals surface area contributed by atoms with Crippen molar-refractivity contribution < 1.29 is 23.6 Å². The first-order valence-electron chi connectivity index (χ1n) is 7.76. The van der Waals surface area contributed by atoms with E-state index in [-0.39, 0.29) is 12.1 Å². The van der Waals surface area contributed by atoms with Crippen LogP contribution >= 0.6 is 19.4 Å². The summed E-state index contributed by atoms with van der Waals surface area (Å²) in [4.78, 5) is 23.9. The average Bonchev–Trinajstić information content (AvgIpc) is 2.92. The molecule has 5 atom stereocenters. The molecule has 2 amide bonds. The van der Waals surface area contributed by atoms with Crippen molar-refractivity contribution in [3.63, 3.8) is 0 Å². The standard InChI is InChI=1S/C12H23ClN5O5P/c1-5-9-7(3)22-11(19)16(9)15-24(14,21)18(13)17-10(6-2)8(4)23-12(17)20/h7-10H,5-6H2,1-4H3,(H3,14,15,21). The van der Waals surface area contributed by atoms with Gasteiger partial charge in [0.2, 0.25) is 0 Å². The molecule has 0 aromatic heterocycles. The molecule has 24 heavy (non-hydrogen) atoms. The molecule has 0 saturated carbocycles. The van der Waals surface area contributed by atoms with Gasteiger partial charge < -0.3 is 9.47 Å². The Hall–Kier alpha value is -1.06. The molecular weight excluding hydrogens is 361 g/mol. The van der Waals surface area contributed by atoms with Gasteiger partial charge in [-0.25, -0.2) is 19.6 Å². The number of ether oxygens (including phenoxy) is 2. The van der Waals surface area contributed by atoms with Crippen LogP contribution in [0.3, 0.4) is 0 Å². The zero-order valence-corrected chi connectivity index (χ0v) is 15.7. The number of hydrogen-bond acceptors (Lipinski definition) is 5. The van der Waals surface area contributed by atoms with Crippen LogP contribution in [0.4, 0.5) is 9.59 Å². The molecule has 0 aliphatic carbocycles. The van der Waals surface area contributed by atoms with E-state index >= 15 is 0 Å². The Morgan fingerprint density at radius 2 is 1.67 bits per heavy atom.